The third-order valence-corrected chi connectivity index (χ3v) is 3.79. The number of benzene rings is 1. The predicted molar refractivity (Wildman–Crippen MR) is 78.9 cm³/mol. The molecule has 0 saturated heterocycles. The molecule has 0 aliphatic heterocycles. The average Bonchev–Trinajstić information content (AvgIpc) is 2.86. The second-order valence-corrected chi connectivity index (χ2v) is 5.52. The van der Waals surface area contributed by atoms with E-state index in [1.807, 2.05) is 0 Å². The Labute approximate surface area is 125 Å². The lowest BCUT2D eigenvalue weighted by Crippen LogP contribution is -2.18. The maximum Gasteiger partial charge on any atom is 0.111 e. The van der Waals surface area contributed by atoms with Crippen molar-refractivity contribution in [3.63, 3.8) is 0 Å². The molecule has 0 spiro atoms. The lowest BCUT2D eigenvalue weighted by Gasteiger charge is -2.05. The first kappa shape index (κ1) is 14.7. The lowest BCUT2D eigenvalue weighted by molar-refractivity contribution is 0.199. The van der Waals surface area contributed by atoms with Gasteiger partial charge in [0.05, 0.1) is 16.5 Å². The van der Waals surface area contributed by atoms with Crippen LogP contribution in [0, 0.1) is 0 Å². The lowest BCUT2D eigenvalue weighted by atomic mass is 10.1. The molecular weight excluding hydrogens is 305 g/mol. The Morgan fingerprint density at radius 3 is 3.00 bits per heavy atom. The molecule has 0 atom stereocenters. The number of hydrogen-bond acceptors (Lipinski definition) is 5. The van der Waals surface area contributed by atoms with E-state index in [0.717, 1.165) is 22.7 Å². The minimum atomic E-state index is 0.621. The highest BCUT2D eigenvalue weighted by atomic mass is 35.5. The number of hydrogen-bond donors (Lipinski definition) is 1. The monoisotopic (exact) mass is 317 g/mol. The van der Waals surface area contributed by atoms with E-state index < -0.39 is 0 Å². The Morgan fingerprint density at radius 1 is 1.37 bits per heavy atom. The number of ether oxygens (including phenoxy) is 1. The number of methoxy groups -OCH3 is 1. The molecule has 1 aromatic carbocycles. The van der Waals surface area contributed by atoms with Gasteiger partial charge < -0.3 is 10.1 Å². The maximum absolute atomic E-state index is 6.18. The molecule has 0 radical (unpaired) electrons. The van der Waals surface area contributed by atoms with Gasteiger partial charge in [0.15, 0.2) is 0 Å². The Hall–Kier alpha value is -0.720. The Morgan fingerprint density at radius 2 is 2.21 bits per heavy atom. The predicted octanol–water partition coefficient (Wildman–Crippen LogP) is 3.25. The summed E-state index contributed by atoms with van der Waals surface area (Å²) in [6, 6.07) is 5.32. The van der Waals surface area contributed by atoms with Crippen molar-refractivity contribution in [3.05, 3.63) is 33.1 Å². The highest BCUT2D eigenvalue weighted by Crippen LogP contribution is 2.32. The molecule has 0 bridgehead atoms. The molecule has 0 fully saturated rings. The smallest absolute Gasteiger partial charge is 0.111 e. The second-order valence-electron chi connectivity index (χ2n) is 3.84. The van der Waals surface area contributed by atoms with Gasteiger partial charge in [-0.15, -0.1) is 5.10 Å². The summed E-state index contributed by atoms with van der Waals surface area (Å²) in [5, 5.41) is 8.65. The molecule has 2 aromatic rings. The fourth-order valence-corrected chi connectivity index (χ4v) is 2.59. The Bertz CT molecular complexity index is 548. The minimum absolute atomic E-state index is 0.621. The highest BCUT2D eigenvalue weighted by molar-refractivity contribution is 7.06. The summed E-state index contributed by atoms with van der Waals surface area (Å²) in [5.74, 6) is 0. The molecule has 1 N–H and O–H groups in total. The molecule has 19 heavy (non-hydrogen) atoms. The van der Waals surface area contributed by atoms with Crippen LogP contribution in [0.25, 0.3) is 11.3 Å². The van der Waals surface area contributed by atoms with Crippen molar-refractivity contribution in [2.45, 2.75) is 6.54 Å². The van der Waals surface area contributed by atoms with Crippen LogP contribution in [0.15, 0.2) is 18.2 Å². The third kappa shape index (κ3) is 3.87. The maximum atomic E-state index is 6.18. The topological polar surface area (TPSA) is 47.0 Å². The Balaban J connectivity index is 2.16. The van der Waals surface area contributed by atoms with Crippen molar-refractivity contribution in [1.29, 1.82) is 0 Å². The second kappa shape index (κ2) is 7.17. The number of aromatic nitrogens is 2. The molecule has 102 valence electrons. The fourth-order valence-electron chi connectivity index (χ4n) is 1.58. The summed E-state index contributed by atoms with van der Waals surface area (Å²) in [5.41, 5.74) is 1.59. The number of nitrogens with zero attached hydrogens (tertiary/aromatic N) is 2. The largest absolute Gasteiger partial charge is 0.383 e. The van der Waals surface area contributed by atoms with Crippen molar-refractivity contribution < 1.29 is 4.74 Å². The number of nitrogens with one attached hydrogen (secondary N) is 1. The zero-order valence-corrected chi connectivity index (χ0v) is 12.6. The molecule has 0 saturated carbocycles. The van der Waals surface area contributed by atoms with Gasteiger partial charge in [-0.2, -0.15) is 0 Å². The molecule has 1 heterocycles. The average molecular weight is 318 g/mol. The highest BCUT2D eigenvalue weighted by Gasteiger charge is 2.13. The van der Waals surface area contributed by atoms with Crippen LogP contribution in [0.4, 0.5) is 0 Å². The van der Waals surface area contributed by atoms with Gasteiger partial charge in [-0.1, -0.05) is 27.7 Å². The van der Waals surface area contributed by atoms with Gasteiger partial charge in [-0.25, -0.2) is 0 Å². The molecule has 0 aliphatic carbocycles. The van der Waals surface area contributed by atoms with Crippen LogP contribution in [0.3, 0.4) is 0 Å². The minimum Gasteiger partial charge on any atom is -0.383 e. The molecule has 7 heteroatoms. The first-order valence-electron chi connectivity index (χ1n) is 5.68. The quantitative estimate of drug-likeness (QED) is 0.831. The van der Waals surface area contributed by atoms with Crippen LogP contribution in [0.5, 0.6) is 0 Å². The van der Waals surface area contributed by atoms with Crippen LogP contribution in [0.1, 0.15) is 4.88 Å². The van der Waals surface area contributed by atoms with Crippen LogP contribution in [-0.4, -0.2) is 29.8 Å². The van der Waals surface area contributed by atoms with E-state index in [0.29, 0.717) is 23.2 Å². The van der Waals surface area contributed by atoms with E-state index in [9.17, 15) is 0 Å². The van der Waals surface area contributed by atoms with E-state index in [1.165, 1.54) is 11.5 Å². The van der Waals surface area contributed by atoms with Gasteiger partial charge in [0.2, 0.25) is 0 Å². The summed E-state index contributed by atoms with van der Waals surface area (Å²) in [7, 11) is 1.67. The van der Waals surface area contributed by atoms with Crippen molar-refractivity contribution in [2.24, 2.45) is 0 Å². The molecular formula is C12H13Cl2N3OS. The molecule has 0 aliphatic rings. The molecule has 0 amide bonds. The summed E-state index contributed by atoms with van der Waals surface area (Å²) in [6.07, 6.45) is 0. The zero-order chi connectivity index (χ0) is 13.7. The zero-order valence-electron chi connectivity index (χ0n) is 10.3. The van der Waals surface area contributed by atoms with Crippen LogP contribution in [-0.2, 0) is 11.3 Å². The molecule has 4 nitrogen and oxygen atoms in total. The van der Waals surface area contributed by atoms with Gasteiger partial charge in [-0.3, -0.25) is 0 Å². The van der Waals surface area contributed by atoms with Gasteiger partial charge in [-0.05, 0) is 29.7 Å². The summed E-state index contributed by atoms with van der Waals surface area (Å²) < 4.78 is 8.97. The van der Waals surface area contributed by atoms with Gasteiger partial charge in [0.25, 0.3) is 0 Å². The van der Waals surface area contributed by atoms with Crippen molar-refractivity contribution in [3.8, 4) is 11.3 Å². The van der Waals surface area contributed by atoms with Crippen LogP contribution >= 0.6 is 34.7 Å². The third-order valence-electron chi connectivity index (χ3n) is 2.51. The van der Waals surface area contributed by atoms with E-state index >= 15 is 0 Å². The summed E-state index contributed by atoms with van der Waals surface area (Å²) >= 11 is 13.5. The normalized spacial score (nSPS) is 10.9. The van der Waals surface area contributed by atoms with Crippen LogP contribution in [0.2, 0.25) is 10.0 Å². The number of rotatable bonds is 6. The van der Waals surface area contributed by atoms with Crippen molar-refractivity contribution in [1.82, 2.24) is 14.9 Å². The van der Waals surface area contributed by atoms with E-state index in [-0.39, 0.29) is 0 Å². The van der Waals surface area contributed by atoms with Gasteiger partial charge >= 0.3 is 0 Å². The first-order chi connectivity index (χ1) is 9.22. The van der Waals surface area contributed by atoms with Crippen LogP contribution < -0.4 is 5.32 Å². The summed E-state index contributed by atoms with van der Waals surface area (Å²) in [6.45, 7) is 2.12. The Kier molecular flexibility index (Phi) is 5.54. The fraction of sp³-hybridized carbons (Fsp3) is 0.333. The van der Waals surface area contributed by atoms with E-state index in [2.05, 4.69) is 14.9 Å². The van der Waals surface area contributed by atoms with Gasteiger partial charge in [0, 0.05) is 30.8 Å². The SMILES string of the molecule is COCCNCc1snnc1-c1cc(Cl)ccc1Cl. The van der Waals surface area contributed by atoms with Crippen molar-refractivity contribution >= 4 is 34.7 Å². The number of halogens is 2. The first-order valence-corrected chi connectivity index (χ1v) is 7.21. The standard InChI is InChI=1S/C12H13Cl2N3OS/c1-18-5-4-15-7-11-12(16-17-19-11)9-6-8(13)2-3-10(9)14/h2-3,6,15H,4-5,7H2,1H3. The molecule has 1 aromatic heterocycles. The van der Waals surface area contributed by atoms with Crippen molar-refractivity contribution in [2.75, 3.05) is 20.3 Å². The van der Waals surface area contributed by atoms with Gasteiger partial charge in [0.1, 0.15) is 5.69 Å². The molecule has 2 rings (SSSR count). The van der Waals surface area contributed by atoms with E-state index in [1.54, 1.807) is 25.3 Å². The molecule has 0 unspecified atom stereocenters. The van der Waals surface area contributed by atoms with E-state index in [4.69, 9.17) is 27.9 Å². The summed E-state index contributed by atoms with van der Waals surface area (Å²) in [4.78, 5) is 1.03.